The number of fused-ring (bicyclic) bond motifs is 3. The number of nitrogens with zero attached hydrogens (tertiary/aromatic N) is 1. The Kier molecular flexibility index (Phi) is 5.36. The molecule has 1 saturated heterocycles. The van der Waals surface area contributed by atoms with E-state index >= 15 is 0 Å². The number of aliphatic carboxylic acids is 2. The summed E-state index contributed by atoms with van der Waals surface area (Å²) >= 11 is 0. The van der Waals surface area contributed by atoms with Crippen molar-refractivity contribution in [3.8, 4) is 0 Å². The first-order chi connectivity index (χ1) is 15.0. The average molecular weight is 440 g/mol. The van der Waals surface area contributed by atoms with Gasteiger partial charge >= 0.3 is 11.9 Å². The predicted octanol–water partition coefficient (Wildman–Crippen LogP) is 3.77. The zero-order valence-electron chi connectivity index (χ0n) is 18.5. The third-order valence-corrected chi connectivity index (χ3v) is 6.67. The molecule has 0 spiro atoms. The van der Waals surface area contributed by atoms with Crippen LogP contribution in [0.5, 0.6) is 0 Å². The first kappa shape index (κ1) is 22.1. The number of rotatable bonds is 6. The summed E-state index contributed by atoms with van der Waals surface area (Å²) in [6.45, 7) is 7.51. The fourth-order valence-corrected chi connectivity index (χ4v) is 6.04. The third-order valence-electron chi connectivity index (χ3n) is 6.67. The normalized spacial score (nSPS) is 25.8. The molecule has 2 aromatic rings. The van der Waals surface area contributed by atoms with Gasteiger partial charge in [-0.25, -0.2) is 4.79 Å². The second-order valence-electron chi connectivity index (χ2n) is 10.3. The lowest BCUT2D eigenvalue weighted by Gasteiger charge is -2.40. The van der Waals surface area contributed by atoms with E-state index in [-0.39, 0.29) is 16.9 Å². The molecule has 0 unspecified atom stereocenters. The van der Waals surface area contributed by atoms with Gasteiger partial charge in [0.15, 0.2) is 0 Å². The molecule has 0 radical (unpaired) electrons. The van der Waals surface area contributed by atoms with Gasteiger partial charge in [0.1, 0.15) is 6.04 Å². The lowest BCUT2D eigenvalue weighted by molar-refractivity contribution is -0.144. The van der Waals surface area contributed by atoms with E-state index in [2.05, 4.69) is 36.0 Å². The van der Waals surface area contributed by atoms with Gasteiger partial charge in [-0.3, -0.25) is 14.5 Å². The molecule has 1 aromatic carbocycles. The number of hydrogen-bond donors (Lipinski definition) is 4. The summed E-state index contributed by atoms with van der Waals surface area (Å²) < 4.78 is 0. The number of likely N-dealkylation sites (tertiary alicyclic amines) is 1. The molecule has 32 heavy (non-hydrogen) atoms. The number of carbonyl (C=O) groups is 3. The Morgan fingerprint density at radius 3 is 2.62 bits per heavy atom. The highest BCUT2D eigenvalue weighted by atomic mass is 16.4. The van der Waals surface area contributed by atoms with Crippen LogP contribution in [-0.2, 0) is 14.4 Å². The van der Waals surface area contributed by atoms with Crippen molar-refractivity contribution in [2.75, 3.05) is 11.9 Å². The molecule has 1 aliphatic heterocycles. The minimum absolute atomic E-state index is 0.0990. The van der Waals surface area contributed by atoms with E-state index in [1.165, 1.54) is 0 Å². The van der Waals surface area contributed by atoms with E-state index in [1.54, 1.807) is 24.4 Å². The van der Waals surface area contributed by atoms with Crippen molar-refractivity contribution in [3.05, 3.63) is 42.1 Å². The maximum absolute atomic E-state index is 12.5. The molecule has 3 atom stereocenters. The van der Waals surface area contributed by atoms with Gasteiger partial charge in [-0.15, -0.1) is 0 Å². The summed E-state index contributed by atoms with van der Waals surface area (Å²) in [6.07, 6.45) is 6.50. The Bertz CT molecular complexity index is 1120. The van der Waals surface area contributed by atoms with Crippen molar-refractivity contribution >= 4 is 34.4 Å². The minimum atomic E-state index is -1.21. The summed E-state index contributed by atoms with van der Waals surface area (Å²) in [5, 5.41) is 22.3. The highest BCUT2D eigenvalue weighted by molar-refractivity contribution is 6.03. The molecule has 1 aromatic heterocycles. The molecule has 8 nitrogen and oxygen atoms in total. The number of carboxylic acids is 2. The molecule has 2 bridgehead atoms. The van der Waals surface area contributed by atoms with E-state index < -0.39 is 23.9 Å². The van der Waals surface area contributed by atoms with E-state index in [0.717, 1.165) is 48.9 Å². The van der Waals surface area contributed by atoms with Crippen molar-refractivity contribution < 1.29 is 24.6 Å². The molecule has 2 heterocycles. The number of hydrogen-bond acceptors (Lipinski definition) is 4. The van der Waals surface area contributed by atoms with E-state index in [9.17, 15) is 19.5 Å². The Balaban J connectivity index is 1.67. The van der Waals surface area contributed by atoms with Crippen LogP contribution in [0.15, 0.2) is 36.5 Å². The van der Waals surface area contributed by atoms with E-state index in [1.807, 2.05) is 0 Å². The highest BCUT2D eigenvalue weighted by Gasteiger charge is 2.52. The highest BCUT2D eigenvalue weighted by Crippen LogP contribution is 2.54. The van der Waals surface area contributed by atoms with E-state index in [4.69, 9.17) is 5.11 Å². The lowest BCUT2D eigenvalue weighted by Crippen LogP contribution is -2.39. The Morgan fingerprint density at radius 2 is 1.94 bits per heavy atom. The summed E-state index contributed by atoms with van der Waals surface area (Å²) in [6, 6.07) is 4.62. The topological polar surface area (TPSA) is 123 Å². The molecule has 4 N–H and O–H groups in total. The average Bonchev–Trinajstić information content (AvgIpc) is 3.17. The second kappa shape index (κ2) is 7.78. The first-order valence-electron chi connectivity index (χ1n) is 10.8. The predicted molar refractivity (Wildman–Crippen MR) is 120 cm³/mol. The molecule has 2 fully saturated rings. The summed E-state index contributed by atoms with van der Waals surface area (Å²) in [4.78, 5) is 40.4. The standard InChI is InChI=1S/C24H29N3O5/c1-23(2)9-15-10-24(3,12-23)13-27(15)21(22(31)32)17-11-25-18-5-4-14(8-16(17)18)26-19(28)6-7-20(29)30/h4-8,11,15,21,25H,9-10,12-13H2,1-3H3,(H,26,28)(H,29,30)(H,31,32)/b7-6+/t15-,21+,24-/m1/s1. The minimum Gasteiger partial charge on any atom is -0.480 e. The summed E-state index contributed by atoms with van der Waals surface area (Å²) in [5.41, 5.74) is 2.19. The van der Waals surface area contributed by atoms with Crippen molar-refractivity contribution in [2.24, 2.45) is 10.8 Å². The Hall–Kier alpha value is -3.13. The molecule has 1 aliphatic carbocycles. The molecule has 8 heteroatoms. The largest absolute Gasteiger partial charge is 0.480 e. The number of H-pyrrole nitrogens is 1. The van der Waals surface area contributed by atoms with Gasteiger partial charge in [0.25, 0.3) is 0 Å². The molecule has 4 rings (SSSR count). The number of benzene rings is 1. The zero-order chi connectivity index (χ0) is 23.3. The van der Waals surface area contributed by atoms with Crippen LogP contribution in [0.4, 0.5) is 5.69 Å². The van der Waals surface area contributed by atoms with Crippen molar-refractivity contribution in [3.63, 3.8) is 0 Å². The van der Waals surface area contributed by atoms with Gasteiger partial charge in [0.05, 0.1) is 0 Å². The second-order valence-corrected chi connectivity index (χ2v) is 10.3. The lowest BCUT2D eigenvalue weighted by atomic mass is 9.65. The number of anilines is 1. The fourth-order valence-electron chi connectivity index (χ4n) is 6.04. The van der Waals surface area contributed by atoms with Crippen molar-refractivity contribution in [2.45, 2.75) is 52.1 Å². The van der Waals surface area contributed by atoms with Gasteiger partial charge in [0, 0.05) is 53.1 Å². The van der Waals surface area contributed by atoms with Crippen LogP contribution in [-0.4, -0.2) is 50.5 Å². The van der Waals surface area contributed by atoms with Gasteiger partial charge in [-0.2, -0.15) is 0 Å². The molecular weight excluding hydrogens is 410 g/mol. The maximum atomic E-state index is 12.5. The van der Waals surface area contributed by atoms with Gasteiger partial charge in [0.2, 0.25) is 5.91 Å². The Labute approximate surface area is 186 Å². The number of carboxylic acid groups (broad SMARTS) is 2. The summed E-state index contributed by atoms with van der Waals surface area (Å²) in [7, 11) is 0. The fraction of sp³-hybridized carbons (Fsp3) is 0.458. The van der Waals surface area contributed by atoms with Crippen LogP contribution in [0, 0.1) is 10.8 Å². The number of amides is 1. The first-order valence-corrected chi connectivity index (χ1v) is 10.8. The number of aromatic nitrogens is 1. The molecule has 1 amide bonds. The van der Waals surface area contributed by atoms with Crippen LogP contribution < -0.4 is 5.32 Å². The zero-order valence-corrected chi connectivity index (χ0v) is 18.5. The molecule has 170 valence electrons. The van der Waals surface area contributed by atoms with Crippen LogP contribution in [0.1, 0.15) is 51.6 Å². The van der Waals surface area contributed by atoms with Gasteiger partial charge in [-0.1, -0.05) is 20.8 Å². The van der Waals surface area contributed by atoms with Crippen molar-refractivity contribution in [1.82, 2.24) is 9.88 Å². The monoisotopic (exact) mass is 439 g/mol. The number of carbonyl (C=O) groups excluding carboxylic acids is 1. The van der Waals surface area contributed by atoms with Gasteiger partial charge in [-0.05, 0) is 48.3 Å². The number of aromatic amines is 1. The number of nitrogens with one attached hydrogen (secondary N) is 2. The van der Waals surface area contributed by atoms with Crippen LogP contribution in [0.3, 0.4) is 0 Å². The third kappa shape index (κ3) is 4.27. The Morgan fingerprint density at radius 1 is 1.19 bits per heavy atom. The van der Waals surface area contributed by atoms with Crippen LogP contribution in [0.25, 0.3) is 10.9 Å². The van der Waals surface area contributed by atoms with Crippen LogP contribution >= 0.6 is 0 Å². The van der Waals surface area contributed by atoms with Crippen molar-refractivity contribution in [1.29, 1.82) is 0 Å². The van der Waals surface area contributed by atoms with Crippen LogP contribution in [0.2, 0.25) is 0 Å². The molecular formula is C24H29N3O5. The van der Waals surface area contributed by atoms with Gasteiger partial charge < -0.3 is 20.5 Å². The summed E-state index contributed by atoms with van der Waals surface area (Å²) in [5.74, 6) is -2.67. The maximum Gasteiger partial charge on any atom is 0.328 e. The quantitative estimate of drug-likeness (QED) is 0.508. The molecule has 1 saturated carbocycles. The molecule has 2 aliphatic rings. The SMILES string of the molecule is CC1(C)C[C@@H]2C[C@@](C)(CN2[C@H](C(=O)O)c2c[nH]c3ccc(NC(=O)/C=C/C(=O)O)cc23)C1. The van der Waals surface area contributed by atoms with E-state index in [0.29, 0.717) is 11.3 Å². The smallest absolute Gasteiger partial charge is 0.328 e.